The lowest BCUT2D eigenvalue weighted by Crippen LogP contribution is -1.98. The minimum absolute atomic E-state index is 0.479. The molecule has 0 saturated heterocycles. The summed E-state index contributed by atoms with van der Waals surface area (Å²) in [5.41, 5.74) is 15.5. The average Bonchev–Trinajstić information content (AvgIpc) is 3.29. The number of hydrogen-bond donors (Lipinski definition) is 1. The molecule has 9 rings (SSSR count). The summed E-state index contributed by atoms with van der Waals surface area (Å²) in [6.07, 6.45) is 2.01. The Morgan fingerprint density at radius 1 is 0.357 bits per heavy atom. The van der Waals surface area contributed by atoms with Crippen LogP contribution in [0.1, 0.15) is 16.7 Å². The summed E-state index contributed by atoms with van der Waals surface area (Å²) in [7, 11) is 0. The van der Waals surface area contributed by atoms with Gasteiger partial charge in [0.2, 0.25) is 0 Å². The van der Waals surface area contributed by atoms with E-state index in [9.17, 15) is 0 Å². The van der Waals surface area contributed by atoms with Gasteiger partial charge in [0.1, 0.15) is 0 Å². The number of nitrogens with zero attached hydrogens (tertiary/aromatic N) is 1. The Morgan fingerprint density at radius 3 is 1.52 bits per heavy atom. The zero-order valence-electron chi connectivity index (χ0n) is 30.8. The third kappa shape index (κ3) is 7.24. The molecule has 0 fully saturated rings. The van der Waals surface area contributed by atoms with Crippen LogP contribution < -0.4 is 0 Å². The highest BCUT2D eigenvalue weighted by molar-refractivity contribution is 6.13. The van der Waals surface area contributed by atoms with Crippen LogP contribution in [-0.2, 0) is 0 Å². The molecule has 0 unspecified atom stereocenters. The van der Waals surface area contributed by atoms with Crippen molar-refractivity contribution < 1.29 is 0 Å². The van der Waals surface area contributed by atoms with E-state index in [0.717, 1.165) is 77.8 Å². The highest BCUT2D eigenvalue weighted by atomic mass is 14.7. The van der Waals surface area contributed by atoms with E-state index >= 15 is 0 Å². The number of pyridine rings is 1. The summed E-state index contributed by atoms with van der Waals surface area (Å²) in [4.78, 5) is 5.19. The first-order chi connectivity index (χ1) is 27.7. The number of benzene rings is 8. The molecule has 56 heavy (non-hydrogen) atoms. The van der Waals surface area contributed by atoms with Gasteiger partial charge >= 0.3 is 0 Å². The molecule has 2 nitrogen and oxygen atoms in total. The Balaban J connectivity index is 1.10. The van der Waals surface area contributed by atoms with Crippen molar-refractivity contribution in [2.45, 2.75) is 0 Å². The molecule has 1 aromatic heterocycles. The van der Waals surface area contributed by atoms with Crippen LogP contribution in [-0.4, -0.2) is 10.7 Å². The normalized spacial score (nSPS) is 11.4. The summed E-state index contributed by atoms with van der Waals surface area (Å²) in [5.74, 6) is 0. The number of fused-ring (bicyclic) bond motifs is 1. The Bertz CT molecular complexity index is 2820. The van der Waals surface area contributed by atoms with E-state index in [-0.39, 0.29) is 0 Å². The van der Waals surface area contributed by atoms with Crippen molar-refractivity contribution in [1.82, 2.24) is 4.98 Å². The van der Waals surface area contributed by atoms with E-state index in [1.165, 1.54) is 11.1 Å². The molecule has 9 aromatic rings. The van der Waals surface area contributed by atoms with Gasteiger partial charge < -0.3 is 5.41 Å². The van der Waals surface area contributed by atoms with E-state index in [2.05, 4.69) is 170 Å². The van der Waals surface area contributed by atoms with Crippen LogP contribution in [0.5, 0.6) is 0 Å². The van der Waals surface area contributed by atoms with Gasteiger partial charge in [0.05, 0.1) is 17.1 Å². The molecule has 2 heteroatoms. The zero-order chi connectivity index (χ0) is 37.7. The van der Waals surface area contributed by atoms with Crippen molar-refractivity contribution in [1.29, 1.82) is 5.41 Å². The number of nitrogens with one attached hydrogen (secondary N) is 1. The molecule has 0 radical (unpaired) electrons. The first-order valence-corrected chi connectivity index (χ1v) is 18.9. The molecule has 264 valence electrons. The number of aromatic nitrogens is 1. The van der Waals surface area contributed by atoms with E-state index < -0.39 is 0 Å². The number of hydrogen-bond acceptors (Lipinski definition) is 2. The van der Waals surface area contributed by atoms with Crippen LogP contribution in [0.3, 0.4) is 0 Å². The summed E-state index contributed by atoms with van der Waals surface area (Å²) < 4.78 is 0. The molecule has 0 aliphatic rings. The van der Waals surface area contributed by atoms with Crippen molar-refractivity contribution in [3.63, 3.8) is 0 Å². The van der Waals surface area contributed by atoms with Crippen molar-refractivity contribution in [2.24, 2.45) is 0 Å². The van der Waals surface area contributed by atoms with Crippen molar-refractivity contribution in [3.05, 3.63) is 241 Å². The molecule has 0 amide bonds. The SMILES string of the molecule is N=C(/C=C(/c1ccccc1)c1cccc2ccc(-c3ccc(-c4cc(-c5ccccc5)nc(-c5cccc(-c6ccccc6)c5)c4)cc3)cc12)c1ccccc1. The van der Waals surface area contributed by atoms with Gasteiger partial charge in [0.25, 0.3) is 0 Å². The predicted molar refractivity (Wildman–Crippen MR) is 236 cm³/mol. The second-order valence-electron chi connectivity index (χ2n) is 14.0. The predicted octanol–water partition coefficient (Wildman–Crippen LogP) is 14.1. The summed E-state index contributed by atoms with van der Waals surface area (Å²) in [6, 6.07) is 76.3. The lowest BCUT2D eigenvalue weighted by molar-refractivity contribution is 1.32. The van der Waals surface area contributed by atoms with Gasteiger partial charge in [0.15, 0.2) is 0 Å². The van der Waals surface area contributed by atoms with Gasteiger partial charge in [-0.3, -0.25) is 0 Å². The topological polar surface area (TPSA) is 36.7 Å². The Morgan fingerprint density at radius 2 is 0.839 bits per heavy atom. The van der Waals surface area contributed by atoms with Crippen LogP contribution in [0.25, 0.3) is 72.2 Å². The van der Waals surface area contributed by atoms with Gasteiger partial charge in [-0.2, -0.15) is 0 Å². The van der Waals surface area contributed by atoms with Gasteiger partial charge in [-0.05, 0) is 96.8 Å². The molecule has 0 aliphatic carbocycles. The Kier molecular flexibility index (Phi) is 9.52. The highest BCUT2D eigenvalue weighted by Gasteiger charge is 2.14. The standard InChI is InChI=1S/C54H38N2/c55-52(43-19-9-3-10-20-43)37-51(41-17-7-2-8-18-41)49-26-14-23-42-31-32-46(34-50(42)49)39-27-29-40(30-28-39)48-35-53(44-21-11-4-12-22-44)56-54(36-48)47-25-13-24-45(33-47)38-15-5-1-6-16-38/h1-37,55H/b51-37-,55-52?. The van der Waals surface area contributed by atoms with E-state index in [0.29, 0.717) is 5.71 Å². The van der Waals surface area contributed by atoms with Crippen LogP contribution >= 0.6 is 0 Å². The molecule has 0 bridgehead atoms. The second kappa shape index (κ2) is 15.5. The Hall–Kier alpha value is -7.42. The molecule has 0 spiro atoms. The second-order valence-corrected chi connectivity index (χ2v) is 14.0. The lowest BCUT2D eigenvalue weighted by Gasteiger charge is -2.14. The molecule has 0 saturated carbocycles. The largest absolute Gasteiger partial charge is 0.300 e. The first kappa shape index (κ1) is 34.4. The van der Waals surface area contributed by atoms with Crippen LogP contribution in [0.4, 0.5) is 0 Å². The first-order valence-electron chi connectivity index (χ1n) is 18.9. The minimum atomic E-state index is 0.479. The van der Waals surface area contributed by atoms with E-state index in [1.807, 2.05) is 54.6 Å². The highest BCUT2D eigenvalue weighted by Crippen LogP contribution is 2.36. The molecule has 0 atom stereocenters. The average molecular weight is 715 g/mol. The van der Waals surface area contributed by atoms with Crippen LogP contribution in [0.15, 0.2) is 224 Å². The quantitative estimate of drug-likeness (QED) is 0.149. The van der Waals surface area contributed by atoms with Crippen molar-refractivity contribution >= 4 is 22.1 Å². The molecular formula is C54H38N2. The van der Waals surface area contributed by atoms with E-state index in [1.54, 1.807) is 0 Å². The van der Waals surface area contributed by atoms with Crippen LogP contribution in [0.2, 0.25) is 0 Å². The molecule has 0 aliphatic heterocycles. The third-order valence-electron chi connectivity index (χ3n) is 10.3. The maximum absolute atomic E-state index is 9.02. The zero-order valence-corrected chi connectivity index (χ0v) is 30.8. The fraction of sp³-hybridized carbons (Fsp3) is 0. The van der Waals surface area contributed by atoms with Crippen molar-refractivity contribution in [2.75, 3.05) is 0 Å². The van der Waals surface area contributed by atoms with E-state index in [4.69, 9.17) is 10.4 Å². The summed E-state index contributed by atoms with van der Waals surface area (Å²) >= 11 is 0. The van der Waals surface area contributed by atoms with Gasteiger partial charge in [-0.1, -0.05) is 194 Å². The van der Waals surface area contributed by atoms with Crippen molar-refractivity contribution in [3.8, 4) is 55.9 Å². The monoisotopic (exact) mass is 714 g/mol. The fourth-order valence-electron chi connectivity index (χ4n) is 7.41. The Labute approximate surface area is 328 Å². The molecule has 8 aromatic carbocycles. The van der Waals surface area contributed by atoms with Gasteiger partial charge in [0, 0.05) is 11.1 Å². The molecule has 1 N–H and O–H groups in total. The molecule has 1 heterocycles. The summed E-state index contributed by atoms with van der Waals surface area (Å²) in [5, 5.41) is 11.3. The third-order valence-corrected chi connectivity index (χ3v) is 10.3. The lowest BCUT2D eigenvalue weighted by atomic mass is 9.90. The minimum Gasteiger partial charge on any atom is -0.300 e. The maximum atomic E-state index is 9.02. The van der Waals surface area contributed by atoms with Crippen LogP contribution in [0, 0.1) is 5.41 Å². The van der Waals surface area contributed by atoms with Gasteiger partial charge in [-0.25, -0.2) is 4.98 Å². The molecular weight excluding hydrogens is 677 g/mol. The number of rotatable bonds is 9. The maximum Gasteiger partial charge on any atom is 0.0715 e. The fourth-order valence-corrected chi connectivity index (χ4v) is 7.41. The van der Waals surface area contributed by atoms with Gasteiger partial charge in [-0.15, -0.1) is 0 Å². The number of allylic oxidation sites excluding steroid dienone is 1. The summed E-state index contributed by atoms with van der Waals surface area (Å²) in [6.45, 7) is 0. The smallest absolute Gasteiger partial charge is 0.0715 e.